The molecule has 2 atom stereocenters. The van der Waals surface area contributed by atoms with E-state index in [4.69, 9.17) is 18.9 Å². The van der Waals surface area contributed by atoms with Gasteiger partial charge in [0.15, 0.2) is 12.4 Å². The van der Waals surface area contributed by atoms with Crippen molar-refractivity contribution in [3.8, 4) is 0 Å². The Kier molecular flexibility index (Phi) is 55.7. The van der Waals surface area contributed by atoms with Gasteiger partial charge in [-0.1, -0.05) is 296 Å². The van der Waals surface area contributed by atoms with Crippen LogP contribution in [-0.2, 0) is 33.3 Å². The molecule has 0 fully saturated rings. The molecule has 2 unspecified atom stereocenters. The van der Waals surface area contributed by atoms with Gasteiger partial charge >= 0.3 is 11.9 Å². The smallest absolute Gasteiger partial charge is 0.306 e. The van der Waals surface area contributed by atoms with E-state index >= 15 is 0 Å². The Hall–Kier alpha value is -1.97. The average molecular weight is 1050 g/mol. The first-order valence-electron chi connectivity index (χ1n) is 32.3. The second-order valence-electron chi connectivity index (χ2n) is 23.4. The van der Waals surface area contributed by atoms with Gasteiger partial charge in [-0.15, -0.1) is 0 Å². The van der Waals surface area contributed by atoms with Crippen LogP contribution in [0.2, 0.25) is 0 Å². The number of allylic oxidation sites excluding steroid dienone is 2. The van der Waals surface area contributed by atoms with E-state index in [9.17, 15) is 19.5 Å². The molecule has 0 bridgehead atoms. The van der Waals surface area contributed by atoms with Crippen LogP contribution >= 0.6 is 0 Å². The number of quaternary nitrogens is 1. The van der Waals surface area contributed by atoms with Gasteiger partial charge in [-0.3, -0.25) is 9.59 Å². The summed E-state index contributed by atoms with van der Waals surface area (Å²) in [5, 5.41) is 11.7. The number of carboxylic acids is 1. The Morgan fingerprint density at radius 1 is 0.392 bits per heavy atom. The third-order valence-corrected chi connectivity index (χ3v) is 14.7. The zero-order valence-electron chi connectivity index (χ0n) is 50.0. The SMILES string of the molecule is CCC/C=C\CCCCCCCC(=O)OC(COC(=O)CCCCCCCCCCCCCCCCCCCCCCCCCCCCCCCCCCCCCCCCC)COC(OCC[N+](C)(C)C)C(=O)[O-]. The van der Waals surface area contributed by atoms with Gasteiger partial charge in [0.1, 0.15) is 13.2 Å². The molecule has 0 aliphatic carbocycles. The van der Waals surface area contributed by atoms with Crippen LogP contribution in [0.1, 0.15) is 328 Å². The number of nitrogens with zero attached hydrogens (tertiary/aromatic N) is 1. The van der Waals surface area contributed by atoms with E-state index in [0.717, 1.165) is 57.8 Å². The number of carbonyl (C=O) groups is 3. The summed E-state index contributed by atoms with van der Waals surface area (Å²) in [5.41, 5.74) is 0. The maximum atomic E-state index is 12.7. The molecule has 9 heteroatoms. The minimum atomic E-state index is -1.62. The Bertz CT molecular complexity index is 1220. The van der Waals surface area contributed by atoms with E-state index in [2.05, 4.69) is 26.0 Å². The molecule has 0 heterocycles. The Morgan fingerprint density at radius 2 is 0.716 bits per heavy atom. The predicted octanol–water partition coefficient (Wildman–Crippen LogP) is 18.0. The van der Waals surface area contributed by atoms with Crippen LogP contribution in [0.15, 0.2) is 12.2 Å². The summed E-state index contributed by atoms with van der Waals surface area (Å²) in [4.78, 5) is 37.1. The fraction of sp³-hybridized carbons (Fsp3) is 0.923. The van der Waals surface area contributed by atoms with Gasteiger partial charge in [-0.05, 0) is 32.1 Å². The third kappa shape index (κ3) is 57.7. The first-order chi connectivity index (χ1) is 36.1. The zero-order valence-corrected chi connectivity index (χ0v) is 50.0. The number of rotatable bonds is 61. The number of hydrogen-bond acceptors (Lipinski definition) is 8. The lowest BCUT2D eigenvalue weighted by Crippen LogP contribution is -2.44. The van der Waals surface area contributed by atoms with Crippen LogP contribution in [0.5, 0.6) is 0 Å². The fourth-order valence-corrected chi connectivity index (χ4v) is 9.78. The molecule has 0 amide bonds. The van der Waals surface area contributed by atoms with Crippen LogP contribution in [0.3, 0.4) is 0 Å². The summed E-state index contributed by atoms with van der Waals surface area (Å²) in [7, 11) is 5.92. The van der Waals surface area contributed by atoms with Crippen molar-refractivity contribution in [3.63, 3.8) is 0 Å². The van der Waals surface area contributed by atoms with Crippen molar-refractivity contribution in [2.45, 2.75) is 341 Å². The third-order valence-electron chi connectivity index (χ3n) is 14.7. The lowest BCUT2D eigenvalue weighted by atomic mass is 10.0. The molecule has 0 rings (SSSR count). The van der Waals surface area contributed by atoms with E-state index in [-0.39, 0.29) is 32.2 Å². The van der Waals surface area contributed by atoms with Crippen LogP contribution in [0.25, 0.3) is 0 Å². The Balaban J connectivity index is 3.80. The maximum Gasteiger partial charge on any atom is 0.306 e. The van der Waals surface area contributed by atoms with Gasteiger partial charge in [0.2, 0.25) is 0 Å². The van der Waals surface area contributed by atoms with Gasteiger partial charge < -0.3 is 33.3 Å². The molecular formula is C65H125NO8. The van der Waals surface area contributed by atoms with Gasteiger partial charge in [-0.25, -0.2) is 0 Å². The van der Waals surface area contributed by atoms with E-state index in [0.29, 0.717) is 23.9 Å². The second kappa shape index (κ2) is 57.2. The first-order valence-corrected chi connectivity index (χ1v) is 32.3. The number of esters is 2. The van der Waals surface area contributed by atoms with Gasteiger partial charge in [0.25, 0.3) is 0 Å². The number of hydrogen-bond donors (Lipinski definition) is 0. The Labute approximate surface area is 459 Å². The number of ether oxygens (including phenoxy) is 4. The molecular weight excluding hydrogens is 923 g/mol. The number of carbonyl (C=O) groups excluding carboxylic acids is 3. The van der Waals surface area contributed by atoms with Gasteiger partial charge in [0, 0.05) is 12.8 Å². The first kappa shape index (κ1) is 72.0. The molecule has 0 aromatic carbocycles. The fourth-order valence-electron chi connectivity index (χ4n) is 9.78. The lowest BCUT2D eigenvalue weighted by Gasteiger charge is -2.26. The number of carboxylic acid groups (broad SMARTS) is 1. The summed E-state index contributed by atoms with van der Waals surface area (Å²) < 4.78 is 22.6. The Morgan fingerprint density at radius 3 is 1.05 bits per heavy atom. The van der Waals surface area contributed by atoms with E-state index in [1.165, 1.54) is 238 Å². The highest BCUT2D eigenvalue weighted by Crippen LogP contribution is 2.19. The van der Waals surface area contributed by atoms with Crippen molar-refractivity contribution in [2.24, 2.45) is 0 Å². The van der Waals surface area contributed by atoms with Crippen molar-refractivity contribution >= 4 is 17.9 Å². The summed E-state index contributed by atoms with van der Waals surface area (Å²) in [5.74, 6) is -2.28. The molecule has 0 N–H and O–H groups in total. The topological polar surface area (TPSA) is 111 Å². The zero-order chi connectivity index (χ0) is 54.1. The van der Waals surface area contributed by atoms with E-state index in [1.54, 1.807) is 0 Å². The predicted molar refractivity (Wildman–Crippen MR) is 311 cm³/mol. The van der Waals surface area contributed by atoms with Crippen LogP contribution in [0.4, 0.5) is 0 Å². The molecule has 74 heavy (non-hydrogen) atoms. The van der Waals surface area contributed by atoms with Crippen molar-refractivity contribution in [2.75, 3.05) is 47.5 Å². The molecule has 9 nitrogen and oxygen atoms in total. The molecule has 0 spiro atoms. The van der Waals surface area contributed by atoms with Crippen LogP contribution < -0.4 is 5.11 Å². The summed E-state index contributed by atoms with van der Waals surface area (Å²) in [6.45, 7) is 4.71. The van der Waals surface area contributed by atoms with Crippen LogP contribution in [0, 0.1) is 0 Å². The summed E-state index contributed by atoms with van der Waals surface area (Å²) in [6, 6.07) is 0. The molecule has 0 aromatic rings. The number of unbranched alkanes of at least 4 members (excludes halogenated alkanes) is 44. The molecule has 0 saturated carbocycles. The molecule has 0 saturated heterocycles. The van der Waals surface area contributed by atoms with Crippen molar-refractivity contribution in [1.82, 2.24) is 0 Å². The van der Waals surface area contributed by atoms with E-state index in [1.807, 2.05) is 21.1 Å². The largest absolute Gasteiger partial charge is 0.545 e. The highest BCUT2D eigenvalue weighted by Gasteiger charge is 2.22. The van der Waals surface area contributed by atoms with Gasteiger partial charge in [-0.2, -0.15) is 0 Å². The quantitative estimate of drug-likeness (QED) is 0.0195. The number of likely N-dealkylation sites (N-methyl/N-ethyl adjacent to an activating group) is 1. The highest BCUT2D eigenvalue weighted by molar-refractivity contribution is 5.70. The molecule has 0 aliphatic rings. The minimum absolute atomic E-state index is 0.149. The summed E-state index contributed by atoms with van der Waals surface area (Å²) in [6.07, 6.45) is 64.8. The average Bonchev–Trinajstić information content (AvgIpc) is 3.37. The van der Waals surface area contributed by atoms with Crippen molar-refractivity contribution in [1.29, 1.82) is 0 Å². The summed E-state index contributed by atoms with van der Waals surface area (Å²) >= 11 is 0. The molecule has 438 valence electrons. The van der Waals surface area contributed by atoms with Crippen molar-refractivity contribution < 1.29 is 42.9 Å². The second-order valence-corrected chi connectivity index (χ2v) is 23.4. The maximum absolute atomic E-state index is 12.7. The highest BCUT2D eigenvalue weighted by atomic mass is 16.7. The van der Waals surface area contributed by atoms with Crippen LogP contribution in [-0.4, -0.2) is 82.3 Å². The van der Waals surface area contributed by atoms with E-state index < -0.39 is 24.3 Å². The number of aliphatic carboxylic acids is 1. The monoisotopic (exact) mass is 1050 g/mol. The lowest BCUT2D eigenvalue weighted by molar-refractivity contribution is -0.870. The standard InChI is InChI=1S/C65H125NO8/c1-6-8-10-12-14-16-18-19-20-21-22-23-24-25-26-27-28-29-30-31-32-33-34-35-36-37-38-39-40-41-42-43-44-45-46-48-49-51-53-55-62(67)72-59-61(60-73-65(64(69)70)71-58-57-66(3,4)5)74-63(68)56-54-52-50-47-17-15-13-11-9-7-2/h11,13,61,65H,6-10,12,14-60H2,1-5H3/b13-11-. The van der Waals surface area contributed by atoms with Crippen molar-refractivity contribution in [3.05, 3.63) is 12.2 Å². The minimum Gasteiger partial charge on any atom is -0.545 e. The normalized spacial score (nSPS) is 12.7. The molecule has 0 aliphatic heterocycles. The molecule has 0 aromatic heterocycles. The molecule has 0 radical (unpaired) electrons. The van der Waals surface area contributed by atoms with Gasteiger partial charge in [0.05, 0.1) is 40.3 Å².